The fraction of sp³-hybridized carbons (Fsp3) is 0.300. The summed E-state index contributed by atoms with van der Waals surface area (Å²) in [5.41, 5.74) is 8.59. The topological polar surface area (TPSA) is 17.8 Å². The average molecular weight is 423 g/mol. The molecule has 0 bridgehead atoms. The summed E-state index contributed by atoms with van der Waals surface area (Å²) in [6, 6.07) is 28.1. The molecule has 0 radical (unpaired) electrons. The number of imidazole rings is 1. The molecular formula is C30H34N2. The van der Waals surface area contributed by atoms with Crippen LogP contribution in [-0.2, 0) is 5.41 Å². The summed E-state index contributed by atoms with van der Waals surface area (Å²) >= 11 is 0. The highest BCUT2D eigenvalue weighted by Crippen LogP contribution is 2.39. The Bertz CT molecular complexity index is 1200. The highest BCUT2D eigenvalue weighted by Gasteiger charge is 2.30. The van der Waals surface area contributed by atoms with Crippen LogP contribution in [0, 0.1) is 6.92 Å². The number of benzene rings is 3. The van der Waals surface area contributed by atoms with Crippen LogP contribution in [-0.4, -0.2) is 9.55 Å². The van der Waals surface area contributed by atoms with Gasteiger partial charge in [-0.15, -0.1) is 0 Å². The van der Waals surface area contributed by atoms with Crippen molar-refractivity contribution >= 4 is 0 Å². The zero-order chi connectivity index (χ0) is 22.9. The normalized spacial score (nSPS) is 11.8. The number of hydrogen-bond acceptors (Lipinski definition) is 1. The Balaban J connectivity index is 2.08. The Morgan fingerprint density at radius 3 is 1.97 bits per heavy atom. The third-order valence-electron chi connectivity index (χ3n) is 6.61. The van der Waals surface area contributed by atoms with Crippen molar-refractivity contribution in [2.24, 2.45) is 0 Å². The van der Waals surface area contributed by atoms with Gasteiger partial charge in [0.05, 0.1) is 17.1 Å². The monoisotopic (exact) mass is 422 g/mol. The molecule has 0 atom stereocenters. The van der Waals surface area contributed by atoms with Crippen molar-refractivity contribution in [2.45, 2.75) is 59.3 Å². The van der Waals surface area contributed by atoms with E-state index in [1.54, 1.807) is 0 Å². The third kappa shape index (κ3) is 4.02. The molecule has 0 N–H and O–H groups in total. The van der Waals surface area contributed by atoms with Crippen LogP contribution in [0.1, 0.15) is 63.9 Å². The molecule has 0 fully saturated rings. The maximum Gasteiger partial charge on any atom is 0.145 e. The van der Waals surface area contributed by atoms with Gasteiger partial charge in [-0.1, -0.05) is 107 Å². The van der Waals surface area contributed by atoms with E-state index >= 15 is 0 Å². The lowest BCUT2D eigenvalue weighted by molar-refractivity contribution is 0.479. The molecule has 164 valence electrons. The van der Waals surface area contributed by atoms with Gasteiger partial charge in [-0.05, 0) is 42.0 Å². The molecule has 0 aliphatic carbocycles. The first-order valence-electron chi connectivity index (χ1n) is 11.7. The third-order valence-corrected chi connectivity index (χ3v) is 6.61. The summed E-state index contributed by atoms with van der Waals surface area (Å²) in [4.78, 5) is 5.14. The second-order valence-corrected chi connectivity index (χ2v) is 9.60. The second-order valence-electron chi connectivity index (χ2n) is 9.60. The fourth-order valence-corrected chi connectivity index (χ4v) is 4.54. The molecule has 4 aromatic rings. The van der Waals surface area contributed by atoms with Gasteiger partial charge in [0.15, 0.2) is 0 Å². The molecule has 0 saturated heterocycles. The van der Waals surface area contributed by atoms with Gasteiger partial charge in [-0.3, -0.25) is 4.57 Å². The summed E-state index contributed by atoms with van der Waals surface area (Å²) < 4.78 is 2.44. The van der Waals surface area contributed by atoms with Crippen molar-refractivity contribution in [3.8, 4) is 28.2 Å². The lowest BCUT2D eigenvalue weighted by Crippen LogP contribution is -2.22. The largest absolute Gasteiger partial charge is 0.296 e. The van der Waals surface area contributed by atoms with Crippen molar-refractivity contribution in [1.82, 2.24) is 9.55 Å². The molecule has 0 aliphatic rings. The molecule has 2 heteroatoms. The molecule has 4 rings (SSSR count). The van der Waals surface area contributed by atoms with Crippen molar-refractivity contribution in [3.05, 3.63) is 95.8 Å². The van der Waals surface area contributed by atoms with E-state index in [4.69, 9.17) is 4.98 Å². The van der Waals surface area contributed by atoms with E-state index in [9.17, 15) is 0 Å². The molecule has 0 amide bonds. The average Bonchev–Trinajstić information content (AvgIpc) is 3.17. The van der Waals surface area contributed by atoms with E-state index in [-0.39, 0.29) is 5.41 Å². The number of rotatable bonds is 6. The van der Waals surface area contributed by atoms with Crippen molar-refractivity contribution in [1.29, 1.82) is 0 Å². The van der Waals surface area contributed by atoms with E-state index in [2.05, 4.69) is 125 Å². The van der Waals surface area contributed by atoms with E-state index < -0.39 is 0 Å². The van der Waals surface area contributed by atoms with E-state index in [1.165, 1.54) is 28.1 Å². The predicted molar refractivity (Wildman–Crippen MR) is 137 cm³/mol. The molecule has 0 spiro atoms. The summed E-state index contributed by atoms with van der Waals surface area (Å²) in [6.07, 6.45) is 1.04. The first-order valence-corrected chi connectivity index (χ1v) is 11.7. The molecule has 1 aromatic heterocycles. The van der Waals surface area contributed by atoms with Gasteiger partial charge in [-0.25, -0.2) is 4.98 Å². The Morgan fingerprint density at radius 2 is 1.41 bits per heavy atom. The van der Waals surface area contributed by atoms with Gasteiger partial charge in [0.1, 0.15) is 5.82 Å². The number of hydrogen-bond donors (Lipinski definition) is 0. The second kappa shape index (κ2) is 8.78. The summed E-state index contributed by atoms with van der Waals surface area (Å²) in [5.74, 6) is 1.42. The minimum absolute atomic E-state index is 0.00111. The van der Waals surface area contributed by atoms with Crippen LogP contribution in [0.25, 0.3) is 28.2 Å². The standard InChI is InChI=1S/C30H34N2/c1-7-30(5,6)28-22(4)31-29(24-16-12-9-13-17-24)32(28)27-20-25(18-19-26(27)21(2)3)23-14-10-8-11-15-23/h8-21H,7H2,1-6H3. The molecule has 3 aromatic carbocycles. The zero-order valence-electron chi connectivity index (χ0n) is 20.2. The van der Waals surface area contributed by atoms with Crippen LogP contribution >= 0.6 is 0 Å². The highest BCUT2D eigenvalue weighted by atomic mass is 15.1. The molecule has 0 aliphatic heterocycles. The number of aromatic nitrogens is 2. The van der Waals surface area contributed by atoms with Crippen molar-refractivity contribution in [3.63, 3.8) is 0 Å². The fourth-order valence-electron chi connectivity index (χ4n) is 4.54. The Labute approximate surface area is 193 Å². The maximum atomic E-state index is 5.14. The first-order chi connectivity index (χ1) is 15.3. The molecule has 0 saturated carbocycles. The highest BCUT2D eigenvalue weighted by molar-refractivity contribution is 5.70. The number of nitrogens with zero attached hydrogens (tertiary/aromatic N) is 2. The molecule has 0 unspecified atom stereocenters. The Morgan fingerprint density at radius 1 is 0.812 bits per heavy atom. The van der Waals surface area contributed by atoms with Crippen molar-refractivity contribution < 1.29 is 0 Å². The van der Waals surface area contributed by atoms with E-state index in [1.807, 2.05) is 0 Å². The molecule has 1 heterocycles. The van der Waals surface area contributed by atoms with Crippen molar-refractivity contribution in [2.75, 3.05) is 0 Å². The molecular weight excluding hydrogens is 388 g/mol. The summed E-state index contributed by atoms with van der Waals surface area (Å²) in [7, 11) is 0. The smallest absolute Gasteiger partial charge is 0.145 e. The minimum atomic E-state index is 0.00111. The Hall–Kier alpha value is -3.13. The quantitative estimate of drug-likeness (QED) is 0.305. The first kappa shape index (κ1) is 22.1. The van der Waals surface area contributed by atoms with Gasteiger partial charge in [0, 0.05) is 11.0 Å². The SMILES string of the molecule is CCC(C)(C)c1c(C)nc(-c2ccccc2)n1-c1cc(-c2ccccc2)ccc1C(C)C. The summed E-state index contributed by atoms with van der Waals surface area (Å²) in [5, 5.41) is 0. The van der Waals surface area contributed by atoms with E-state index in [0.29, 0.717) is 5.92 Å². The van der Waals surface area contributed by atoms with Gasteiger partial charge >= 0.3 is 0 Å². The van der Waals surface area contributed by atoms with Crippen LogP contribution in [0.5, 0.6) is 0 Å². The van der Waals surface area contributed by atoms with Crippen LogP contribution in [0.4, 0.5) is 0 Å². The number of aryl methyl sites for hydroxylation is 1. The zero-order valence-corrected chi connectivity index (χ0v) is 20.2. The van der Waals surface area contributed by atoms with Gasteiger partial charge in [-0.2, -0.15) is 0 Å². The Kier molecular flexibility index (Phi) is 6.06. The minimum Gasteiger partial charge on any atom is -0.296 e. The van der Waals surface area contributed by atoms with Gasteiger partial charge in [0.2, 0.25) is 0 Å². The van der Waals surface area contributed by atoms with Gasteiger partial charge < -0.3 is 0 Å². The lowest BCUT2D eigenvalue weighted by atomic mass is 9.84. The van der Waals surface area contributed by atoms with E-state index in [0.717, 1.165) is 23.5 Å². The van der Waals surface area contributed by atoms with Crippen LogP contribution in [0.2, 0.25) is 0 Å². The maximum absolute atomic E-state index is 5.14. The lowest BCUT2D eigenvalue weighted by Gasteiger charge is -2.28. The molecule has 2 nitrogen and oxygen atoms in total. The summed E-state index contributed by atoms with van der Waals surface area (Å²) in [6.45, 7) is 13.6. The molecule has 32 heavy (non-hydrogen) atoms. The predicted octanol–water partition coefficient (Wildman–Crippen LogP) is 8.33. The van der Waals surface area contributed by atoms with Crippen LogP contribution in [0.15, 0.2) is 78.9 Å². The van der Waals surface area contributed by atoms with Crippen LogP contribution in [0.3, 0.4) is 0 Å². The van der Waals surface area contributed by atoms with Crippen LogP contribution < -0.4 is 0 Å². The van der Waals surface area contributed by atoms with Gasteiger partial charge in [0.25, 0.3) is 0 Å².